The first-order chi connectivity index (χ1) is 9.84. The molecular formula is C15H12ClFO3S. The Kier molecular flexibility index (Phi) is 4.44. The number of Topliss-reactive ketones (excluding diaryl/α,β-unsaturated/α-hetero) is 1. The van der Waals surface area contributed by atoms with Gasteiger partial charge in [-0.05, 0) is 43.3 Å². The van der Waals surface area contributed by atoms with Crippen molar-refractivity contribution in [1.29, 1.82) is 0 Å². The van der Waals surface area contributed by atoms with Crippen LogP contribution in [-0.2, 0) is 9.84 Å². The second kappa shape index (κ2) is 5.95. The van der Waals surface area contributed by atoms with Gasteiger partial charge >= 0.3 is 0 Å². The van der Waals surface area contributed by atoms with Crippen LogP contribution in [0.2, 0.25) is 5.02 Å². The van der Waals surface area contributed by atoms with Crippen LogP contribution in [0.1, 0.15) is 17.3 Å². The summed E-state index contributed by atoms with van der Waals surface area (Å²) in [6.45, 7) is 1.25. The van der Waals surface area contributed by atoms with Crippen molar-refractivity contribution in [1.82, 2.24) is 0 Å². The van der Waals surface area contributed by atoms with Crippen molar-refractivity contribution in [3.8, 4) is 0 Å². The van der Waals surface area contributed by atoms with E-state index in [0.717, 1.165) is 12.1 Å². The lowest BCUT2D eigenvalue weighted by Gasteiger charge is -2.12. The molecule has 0 aliphatic carbocycles. The lowest BCUT2D eigenvalue weighted by Crippen LogP contribution is -2.28. The van der Waals surface area contributed by atoms with E-state index in [-0.39, 0.29) is 5.56 Å². The van der Waals surface area contributed by atoms with E-state index in [9.17, 15) is 17.6 Å². The first-order valence-electron chi connectivity index (χ1n) is 6.12. The van der Waals surface area contributed by atoms with Gasteiger partial charge in [-0.15, -0.1) is 0 Å². The average Bonchev–Trinajstić information content (AvgIpc) is 2.46. The third-order valence-corrected chi connectivity index (χ3v) is 5.45. The van der Waals surface area contributed by atoms with E-state index in [1.807, 2.05) is 0 Å². The van der Waals surface area contributed by atoms with Crippen molar-refractivity contribution in [2.24, 2.45) is 0 Å². The van der Waals surface area contributed by atoms with E-state index >= 15 is 0 Å². The fourth-order valence-electron chi connectivity index (χ4n) is 1.86. The summed E-state index contributed by atoms with van der Waals surface area (Å²) in [6.07, 6.45) is 0. The van der Waals surface area contributed by atoms with Gasteiger partial charge in [-0.2, -0.15) is 0 Å². The molecule has 21 heavy (non-hydrogen) atoms. The van der Waals surface area contributed by atoms with Crippen molar-refractivity contribution < 1.29 is 17.6 Å². The van der Waals surface area contributed by atoms with Gasteiger partial charge in [0.2, 0.25) is 0 Å². The van der Waals surface area contributed by atoms with Gasteiger partial charge in [0.25, 0.3) is 0 Å². The Hall–Kier alpha value is -1.72. The lowest BCUT2D eigenvalue weighted by molar-refractivity contribution is 0.0991. The minimum Gasteiger partial charge on any atom is -0.293 e. The molecule has 0 aliphatic heterocycles. The molecule has 0 N–H and O–H groups in total. The van der Waals surface area contributed by atoms with Crippen molar-refractivity contribution >= 4 is 27.2 Å². The Labute approximate surface area is 127 Å². The third-order valence-electron chi connectivity index (χ3n) is 3.11. The van der Waals surface area contributed by atoms with Crippen LogP contribution in [0.15, 0.2) is 53.4 Å². The van der Waals surface area contributed by atoms with Gasteiger partial charge in [0.1, 0.15) is 16.0 Å². The second-order valence-corrected chi connectivity index (χ2v) is 7.16. The summed E-state index contributed by atoms with van der Waals surface area (Å²) in [5, 5.41) is -0.938. The van der Waals surface area contributed by atoms with Crippen LogP contribution < -0.4 is 0 Å². The Morgan fingerprint density at radius 3 is 2.24 bits per heavy atom. The summed E-state index contributed by atoms with van der Waals surface area (Å²) >= 11 is 5.72. The number of halogens is 2. The minimum absolute atomic E-state index is 0.215. The van der Waals surface area contributed by atoms with Crippen molar-refractivity contribution in [3.05, 3.63) is 64.9 Å². The predicted octanol–water partition coefficient (Wildman–Crippen LogP) is 3.52. The highest BCUT2D eigenvalue weighted by molar-refractivity contribution is 7.92. The van der Waals surface area contributed by atoms with E-state index < -0.39 is 31.6 Å². The van der Waals surface area contributed by atoms with E-state index in [2.05, 4.69) is 0 Å². The van der Waals surface area contributed by atoms with Crippen LogP contribution in [0, 0.1) is 5.82 Å². The van der Waals surface area contributed by atoms with Crippen LogP contribution in [-0.4, -0.2) is 19.5 Å². The minimum atomic E-state index is -4.08. The van der Waals surface area contributed by atoms with Crippen LogP contribution in [0.25, 0.3) is 0 Å². The summed E-state index contributed by atoms with van der Waals surface area (Å²) in [7, 11) is -4.08. The molecule has 0 fully saturated rings. The van der Waals surface area contributed by atoms with Gasteiger partial charge in [-0.25, -0.2) is 12.8 Å². The Bertz CT molecular complexity index is 770. The van der Waals surface area contributed by atoms with Gasteiger partial charge in [-0.3, -0.25) is 4.79 Å². The van der Waals surface area contributed by atoms with Crippen molar-refractivity contribution in [2.45, 2.75) is 17.1 Å². The Morgan fingerprint density at radius 1 is 1.10 bits per heavy atom. The van der Waals surface area contributed by atoms with Gasteiger partial charge < -0.3 is 0 Å². The van der Waals surface area contributed by atoms with Crippen molar-refractivity contribution in [2.75, 3.05) is 0 Å². The fourth-order valence-corrected chi connectivity index (χ4v) is 3.39. The molecule has 2 aromatic carbocycles. The summed E-state index contributed by atoms with van der Waals surface area (Å²) in [5.41, 5.74) is 0.215. The van der Waals surface area contributed by atoms with Crippen LogP contribution in [0.3, 0.4) is 0 Å². The number of hydrogen-bond acceptors (Lipinski definition) is 3. The molecule has 1 atom stereocenters. The third kappa shape index (κ3) is 3.14. The first kappa shape index (κ1) is 15.7. The molecule has 6 heteroatoms. The van der Waals surface area contributed by atoms with Gasteiger partial charge in [0.05, 0.1) is 0 Å². The van der Waals surface area contributed by atoms with Gasteiger partial charge in [0, 0.05) is 10.6 Å². The molecule has 0 spiro atoms. The summed E-state index contributed by atoms with van der Waals surface area (Å²) in [5.74, 6) is -1.47. The molecule has 0 aliphatic rings. The first-order valence-corrected chi connectivity index (χ1v) is 8.04. The van der Waals surface area contributed by atoms with E-state index in [1.165, 1.54) is 43.3 Å². The zero-order chi connectivity index (χ0) is 15.6. The molecule has 2 aromatic rings. The predicted molar refractivity (Wildman–Crippen MR) is 78.8 cm³/mol. The van der Waals surface area contributed by atoms with Crippen molar-refractivity contribution in [3.63, 3.8) is 0 Å². The molecule has 0 saturated carbocycles. The van der Waals surface area contributed by atoms with E-state index in [0.29, 0.717) is 5.02 Å². The Morgan fingerprint density at radius 2 is 1.67 bits per heavy atom. The fraction of sp³-hybridized carbons (Fsp3) is 0.133. The number of hydrogen-bond donors (Lipinski definition) is 0. The second-order valence-electron chi connectivity index (χ2n) is 4.49. The lowest BCUT2D eigenvalue weighted by atomic mass is 10.1. The normalized spacial score (nSPS) is 12.9. The molecule has 3 nitrogen and oxygen atoms in total. The maximum Gasteiger partial charge on any atom is 0.191 e. The van der Waals surface area contributed by atoms with E-state index in [4.69, 9.17) is 11.6 Å². The average molecular weight is 327 g/mol. The van der Waals surface area contributed by atoms with E-state index in [1.54, 1.807) is 0 Å². The monoisotopic (exact) mass is 326 g/mol. The maximum atomic E-state index is 13.7. The Balaban J connectivity index is 2.39. The quantitative estimate of drug-likeness (QED) is 0.808. The summed E-state index contributed by atoms with van der Waals surface area (Å²) in [6, 6.07) is 10.9. The van der Waals surface area contributed by atoms with Gasteiger partial charge in [0.15, 0.2) is 15.6 Å². The number of ketones is 1. The molecule has 0 saturated heterocycles. The number of benzene rings is 2. The summed E-state index contributed by atoms with van der Waals surface area (Å²) in [4.78, 5) is 11.8. The number of carbonyl (C=O) groups is 1. The highest BCUT2D eigenvalue weighted by atomic mass is 35.5. The molecule has 0 bridgehead atoms. The molecule has 0 aromatic heterocycles. The molecule has 2 rings (SSSR count). The molecule has 110 valence electrons. The van der Waals surface area contributed by atoms with Crippen LogP contribution in [0.4, 0.5) is 4.39 Å². The standard InChI is InChI=1S/C15H12ClFO3S/c1-10(15(18)11-6-8-12(16)9-7-11)21(19,20)14-5-3-2-4-13(14)17/h2-10H,1H3. The molecule has 0 radical (unpaired) electrons. The van der Waals surface area contributed by atoms with Gasteiger partial charge in [-0.1, -0.05) is 23.7 Å². The largest absolute Gasteiger partial charge is 0.293 e. The highest BCUT2D eigenvalue weighted by Gasteiger charge is 2.32. The maximum absolute atomic E-state index is 13.7. The SMILES string of the molecule is CC(C(=O)c1ccc(Cl)cc1)S(=O)(=O)c1ccccc1F. The summed E-state index contributed by atoms with van der Waals surface area (Å²) < 4.78 is 38.4. The highest BCUT2D eigenvalue weighted by Crippen LogP contribution is 2.22. The van der Waals surface area contributed by atoms with Crippen LogP contribution >= 0.6 is 11.6 Å². The molecule has 0 heterocycles. The number of carbonyl (C=O) groups excluding carboxylic acids is 1. The topological polar surface area (TPSA) is 51.2 Å². The molecule has 0 amide bonds. The van der Waals surface area contributed by atoms with Crippen LogP contribution in [0.5, 0.6) is 0 Å². The number of rotatable bonds is 4. The molecule has 1 unspecified atom stereocenters. The zero-order valence-electron chi connectivity index (χ0n) is 11.1. The molecular weight excluding hydrogens is 315 g/mol. The smallest absolute Gasteiger partial charge is 0.191 e. The zero-order valence-corrected chi connectivity index (χ0v) is 12.7. The number of sulfone groups is 1.